The molecule has 2 N–H and O–H groups in total. The smallest absolute Gasteiger partial charge is 0.326 e. The molecule has 98 valence electrons. The summed E-state index contributed by atoms with van der Waals surface area (Å²) in [5.74, 6) is -0.441. The molecule has 0 unspecified atom stereocenters. The maximum absolute atomic E-state index is 13.4. The van der Waals surface area contributed by atoms with Crippen LogP contribution >= 0.6 is 0 Å². The van der Waals surface area contributed by atoms with Crippen LogP contribution in [0.2, 0.25) is 0 Å². The third-order valence-corrected chi connectivity index (χ3v) is 2.64. The highest BCUT2D eigenvalue weighted by Gasteiger charge is 2.13. The van der Waals surface area contributed by atoms with Crippen LogP contribution in [0.5, 0.6) is 5.75 Å². The lowest BCUT2D eigenvalue weighted by molar-refractivity contribution is 0.258. The van der Waals surface area contributed by atoms with Gasteiger partial charge in [0.15, 0.2) is 0 Å². The van der Waals surface area contributed by atoms with Gasteiger partial charge in [-0.05, 0) is 24.3 Å². The van der Waals surface area contributed by atoms with E-state index in [2.05, 4.69) is 5.32 Å². The number of hydrogen-bond donors (Lipinski definition) is 2. The van der Waals surface area contributed by atoms with E-state index in [9.17, 15) is 14.3 Å². The van der Waals surface area contributed by atoms with Gasteiger partial charge in [0.05, 0.1) is 5.69 Å². The number of phenols is 1. The summed E-state index contributed by atoms with van der Waals surface area (Å²) in [7, 11) is 1.53. The molecule has 4 nitrogen and oxygen atoms in total. The van der Waals surface area contributed by atoms with Gasteiger partial charge in [-0.15, -0.1) is 0 Å². The molecule has 0 aliphatic carbocycles. The first kappa shape index (κ1) is 12.9. The summed E-state index contributed by atoms with van der Waals surface area (Å²) in [5, 5.41) is 11.8. The third kappa shape index (κ3) is 3.01. The fraction of sp³-hybridized carbons (Fsp3) is 0.0714. The van der Waals surface area contributed by atoms with Gasteiger partial charge >= 0.3 is 6.03 Å². The van der Waals surface area contributed by atoms with Crippen LogP contribution in [0.25, 0.3) is 0 Å². The molecular formula is C14H13FN2O2. The largest absolute Gasteiger partial charge is 0.508 e. The van der Waals surface area contributed by atoms with Crippen molar-refractivity contribution in [1.29, 1.82) is 0 Å². The van der Waals surface area contributed by atoms with E-state index < -0.39 is 11.8 Å². The van der Waals surface area contributed by atoms with Gasteiger partial charge in [-0.2, -0.15) is 0 Å². The lowest BCUT2D eigenvalue weighted by Crippen LogP contribution is -2.31. The van der Waals surface area contributed by atoms with Crippen molar-refractivity contribution >= 4 is 17.4 Å². The highest BCUT2D eigenvalue weighted by atomic mass is 19.1. The Kier molecular flexibility index (Phi) is 3.66. The number of aromatic hydroxyl groups is 1. The number of halogens is 1. The van der Waals surface area contributed by atoms with E-state index in [1.54, 1.807) is 24.3 Å². The Balaban J connectivity index is 2.14. The monoisotopic (exact) mass is 260 g/mol. The average Bonchev–Trinajstić information content (AvgIpc) is 2.40. The molecule has 19 heavy (non-hydrogen) atoms. The Morgan fingerprint density at radius 1 is 1.21 bits per heavy atom. The summed E-state index contributed by atoms with van der Waals surface area (Å²) in [5.41, 5.74) is 0.619. The topological polar surface area (TPSA) is 52.6 Å². The standard InChI is InChI=1S/C14H13FN2O2/c1-17(10-5-4-6-11(18)9-10)14(19)16-13-8-3-2-7-12(13)15/h2-9,18H,1H3,(H,16,19). The van der Waals surface area contributed by atoms with Gasteiger partial charge in [0.1, 0.15) is 11.6 Å². The maximum atomic E-state index is 13.4. The van der Waals surface area contributed by atoms with Crippen molar-refractivity contribution < 1.29 is 14.3 Å². The highest BCUT2D eigenvalue weighted by molar-refractivity contribution is 6.01. The Labute approximate surface area is 110 Å². The first-order chi connectivity index (χ1) is 9.08. The van der Waals surface area contributed by atoms with Crippen LogP contribution in [0.15, 0.2) is 48.5 Å². The number of phenolic OH excluding ortho intramolecular Hbond substituents is 1. The molecule has 0 heterocycles. The number of benzene rings is 2. The molecule has 0 aliphatic heterocycles. The van der Waals surface area contributed by atoms with Crippen LogP contribution in [-0.2, 0) is 0 Å². The zero-order valence-electron chi connectivity index (χ0n) is 10.3. The number of hydrogen-bond acceptors (Lipinski definition) is 2. The minimum Gasteiger partial charge on any atom is -0.508 e. The number of rotatable bonds is 2. The normalized spacial score (nSPS) is 10.0. The van der Waals surface area contributed by atoms with E-state index in [4.69, 9.17) is 0 Å². The maximum Gasteiger partial charge on any atom is 0.326 e. The molecule has 2 amide bonds. The van der Waals surface area contributed by atoms with E-state index in [1.807, 2.05) is 0 Å². The molecule has 0 saturated heterocycles. The highest BCUT2D eigenvalue weighted by Crippen LogP contribution is 2.20. The summed E-state index contributed by atoms with van der Waals surface area (Å²) < 4.78 is 13.4. The minimum atomic E-state index is -0.500. The molecule has 0 aromatic heterocycles. The number of anilines is 2. The minimum absolute atomic E-state index is 0.0584. The van der Waals surface area contributed by atoms with Gasteiger partial charge in [-0.1, -0.05) is 18.2 Å². The second-order valence-corrected chi connectivity index (χ2v) is 3.99. The lowest BCUT2D eigenvalue weighted by atomic mass is 10.3. The summed E-state index contributed by atoms with van der Waals surface area (Å²) in [6, 6.07) is 11.7. The van der Waals surface area contributed by atoms with Crippen molar-refractivity contribution in [2.24, 2.45) is 0 Å². The summed E-state index contributed by atoms with van der Waals surface area (Å²) in [4.78, 5) is 13.2. The van der Waals surface area contributed by atoms with Crippen LogP contribution in [0.3, 0.4) is 0 Å². The van der Waals surface area contributed by atoms with Gasteiger partial charge in [0, 0.05) is 18.8 Å². The predicted molar refractivity (Wildman–Crippen MR) is 71.9 cm³/mol. The number of amides is 2. The van der Waals surface area contributed by atoms with Gasteiger partial charge in [0.25, 0.3) is 0 Å². The van der Waals surface area contributed by atoms with Crippen molar-refractivity contribution in [3.63, 3.8) is 0 Å². The number of carbonyl (C=O) groups is 1. The van der Waals surface area contributed by atoms with Gasteiger partial charge < -0.3 is 10.4 Å². The van der Waals surface area contributed by atoms with E-state index in [-0.39, 0.29) is 11.4 Å². The van der Waals surface area contributed by atoms with Crippen molar-refractivity contribution in [2.45, 2.75) is 0 Å². The molecule has 2 aromatic rings. The fourth-order valence-corrected chi connectivity index (χ4v) is 1.58. The number of para-hydroxylation sites is 1. The van der Waals surface area contributed by atoms with Crippen molar-refractivity contribution in [2.75, 3.05) is 17.3 Å². The molecule has 2 rings (SSSR count). The first-order valence-corrected chi connectivity index (χ1v) is 5.66. The number of urea groups is 1. The summed E-state index contributed by atoms with van der Waals surface area (Å²) >= 11 is 0. The SMILES string of the molecule is CN(C(=O)Nc1ccccc1F)c1cccc(O)c1. The van der Waals surface area contributed by atoms with Crippen LogP contribution < -0.4 is 10.2 Å². The van der Waals surface area contributed by atoms with Gasteiger partial charge in [0.2, 0.25) is 0 Å². The molecule has 0 radical (unpaired) electrons. The molecule has 0 fully saturated rings. The molecule has 0 spiro atoms. The number of carbonyl (C=O) groups excluding carboxylic acids is 1. The molecule has 0 atom stereocenters. The zero-order chi connectivity index (χ0) is 13.8. The Morgan fingerprint density at radius 2 is 1.95 bits per heavy atom. The number of nitrogens with one attached hydrogen (secondary N) is 1. The predicted octanol–water partition coefficient (Wildman–Crippen LogP) is 3.20. The Bertz CT molecular complexity index is 602. The second kappa shape index (κ2) is 5.39. The van der Waals surface area contributed by atoms with Crippen LogP contribution in [0, 0.1) is 5.82 Å². The molecule has 0 saturated carbocycles. The van der Waals surface area contributed by atoms with Crippen LogP contribution in [0.4, 0.5) is 20.6 Å². The zero-order valence-corrected chi connectivity index (χ0v) is 10.3. The summed E-state index contributed by atoms with van der Waals surface area (Å²) in [6.45, 7) is 0. The lowest BCUT2D eigenvalue weighted by Gasteiger charge is -2.18. The van der Waals surface area contributed by atoms with Crippen molar-refractivity contribution in [3.8, 4) is 5.75 Å². The molecule has 5 heteroatoms. The second-order valence-electron chi connectivity index (χ2n) is 3.99. The Hall–Kier alpha value is -2.56. The molecular weight excluding hydrogens is 247 g/mol. The van der Waals surface area contributed by atoms with Crippen LogP contribution in [-0.4, -0.2) is 18.2 Å². The third-order valence-electron chi connectivity index (χ3n) is 2.64. The van der Waals surface area contributed by atoms with Crippen LogP contribution in [0.1, 0.15) is 0 Å². The number of nitrogens with zero attached hydrogens (tertiary/aromatic N) is 1. The van der Waals surface area contributed by atoms with Gasteiger partial charge in [-0.25, -0.2) is 9.18 Å². The van der Waals surface area contributed by atoms with E-state index in [1.165, 1.54) is 36.2 Å². The first-order valence-electron chi connectivity index (χ1n) is 5.66. The molecule has 0 bridgehead atoms. The van der Waals surface area contributed by atoms with Gasteiger partial charge in [-0.3, -0.25) is 4.90 Å². The average molecular weight is 260 g/mol. The molecule has 2 aromatic carbocycles. The van der Waals surface area contributed by atoms with Crippen molar-refractivity contribution in [1.82, 2.24) is 0 Å². The van der Waals surface area contributed by atoms with Crippen molar-refractivity contribution in [3.05, 3.63) is 54.3 Å². The van der Waals surface area contributed by atoms with E-state index in [0.29, 0.717) is 5.69 Å². The Morgan fingerprint density at radius 3 is 2.63 bits per heavy atom. The summed E-state index contributed by atoms with van der Waals surface area (Å²) in [6.07, 6.45) is 0. The molecule has 0 aliphatic rings. The fourth-order valence-electron chi connectivity index (χ4n) is 1.58. The van der Waals surface area contributed by atoms with E-state index in [0.717, 1.165) is 0 Å². The quantitative estimate of drug-likeness (QED) is 0.871. The van der Waals surface area contributed by atoms with E-state index >= 15 is 0 Å².